The van der Waals surface area contributed by atoms with Gasteiger partial charge in [-0.15, -0.1) is 0 Å². The zero-order valence-corrected chi connectivity index (χ0v) is 25.8. The average Bonchev–Trinajstić information content (AvgIpc) is 3.35. The zero-order chi connectivity index (χ0) is 32.0. The lowest BCUT2D eigenvalue weighted by Crippen LogP contribution is -2.09. The van der Waals surface area contributed by atoms with E-state index in [4.69, 9.17) is 19.2 Å². The van der Waals surface area contributed by atoms with E-state index in [-0.39, 0.29) is 0 Å². The second-order valence-corrected chi connectivity index (χ2v) is 11.2. The first kappa shape index (κ1) is 30.7. The molecular formula is C36H34FN5O4. The molecule has 1 N–H and O–H groups in total. The SMILES string of the molecule is C1COC1.COC(=O)c1ccc2nc(Cc3cc(F)c4cc3OCCCc3cc(C#N)ccc3CNc3cccc-4n3)n(C)c2c1. The quantitative estimate of drug-likeness (QED) is 0.232. The molecule has 0 radical (unpaired) electrons. The number of hydrogen-bond acceptors (Lipinski definition) is 8. The molecule has 0 atom stereocenters. The van der Waals surface area contributed by atoms with Gasteiger partial charge in [0.15, 0.2) is 0 Å². The van der Waals surface area contributed by atoms with Crippen LogP contribution in [0, 0.1) is 17.1 Å². The Labute approximate surface area is 266 Å². The number of ether oxygens (including phenoxy) is 3. The number of carbonyl (C=O) groups excluding carboxylic acids is 1. The number of halogens is 1. The number of nitriles is 1. The molecular weight excluding hydrogens is 585 g/mol. The normalized spacial score (nSPS) is 13.8. The fraction of sp³-hybridized carbons (Fsp3) is 0.278. The van der Waals surface area contributed by atoms with E-state index in [1.807, 2.05) is 41.9 Å². The Hall–Kier alpha value is -5.27. The summed E-state index contributed by atoms with van der Waals surface area (Å²) in [5.74, 6) is 1.04. The minimum atomic E-state index is -0.424. The number of methoxy groups -OCH3 is 1. The number of hydrogen-bond donors (Lipinski definition) is 1. The summed E-state index contributed by atoms with van der Waals surface area (Å²) in [4.78, 5) is 21.5. The molecule has 0 amide bonds. The number of imidazole rings is 1. The van der Waals surface area contributed by atoms with E-state index in [9.17, 15) is 10.1 Å². The van der Waals surface area contributed by atoms with E-state index in [0.29, 0.717) is 71.3 Å². The summed E-state index contributed by atoms with van der Waals surface area (Å²) >= 11 is 0. The minimum Gasteiger partial charge on any atom is -0.493 e. The van der Waals surface area contributed by atoms with Gasteiger partial charge in [0.2, 0.25) is 0 Å². The number of carbonyl (C=O) groups is 1. The monoisotopic (exact) mass is 619 g/mol. The molecule has 0 saturated carbocycles. The smallest absolute Gasteiger partial charge is 0.337 e. The summed E-state index contributed by atoms with van der Waals surface area (Å²) < 4.78 is 33.4. The van der Waals surface area contributed by atoms with Gasteiger partial charge >= 0.3 is 5.97 Å². The number of nitrogens with zero attached hydrogens (tertiary/aromatic N) is 4. The van der Waals surface area contributed by atoms with E-state index in [1.165, 1.54) is 19.6 Å². The number of nitrogens with one attached hydrogen (secondary N) is 1. The molecule has 2 aliphatic heterocycles. The van der Waals surface area contributed by atoms with E-state index in [1.54, 1.807) is 30.3 Å². The van der Waals surface area contributed by atoms with Gasteiger partial charge in [-0.1, -0.05) is 12.1 Å². The summed E-state index contributed by atoms with van der Waals surface area (Å²) in [6.07, 6.45) is 3.02. The topological polar surface area (TPSA) is 111 Å². The molecule has 0 spiro atoms. The van der Waals surface area contributed by atoms with Crippen molar-refractivity contribution in [2.24, 2.45) is 7.05 Å². The molecule has 2 aromatic heterocycles. The number of aromatic nitrogens is 3. The molecule has 5 aromatic rings. The maximum Gasteiger partial charge on any atom is 0.337 e. The van der Waals surface area contributed by atoms with Gasteiger partial charge in [-0.05, 0) is 85.0 Å². The van der Waals surface area contributed by atoms with E-state index in [2.05, 4.69) is 16.4 Å². The zero-order valence-electron chi connectivity index (χ0n) is 25.8. The van der Waals surface area contributed by atoms with Crippen LogP contribution in [0.5, 0.6) is 5.75 Å². The molecule has 3 aromatic carbocycles. The molecule has 46 heavy (non-hydrogen) atoms. The lowest BCUT2D eigenvalue weighted by molar-refractivity contribution is 0.0367. The van der Waals surface area contributed by atoms with E-state index >= 15 is 4.39 Å². The van der Waals surface area contributed by atoms with Crippen molar-refractivity contribution in [3.05, 3.63) is 106 Å². The van der Waals surface area contributed by atoms with Crippen molar-refractivity contribution in [3.63, 3.8) is 0 Å². The van der Waals surface area contributed by atoms with Gasteiger partial charge in [0.05, 0.1) is 47.6 Å². The van der Waals surface area contributed by atoms with Crippen LogP contribution < -0.4 is 10.1 Å². The van der Waals surface area contributed by atoms with Gasteiger partial charge in [-0.25, -0.2) is 19.2 Å². The Balaban J connectivity index is 0.000000863. The number of esters is 1. The highest BCUT2D eigenvalue weighted by Crippen LogP contribution is 2.33. The molecule has 4 bridgehead atoms. The molecule has 0 unspecified atom stereocenters. The molecule has 2 aliphatic rings. The Bertz CT molecular complexity index is 1940. The third kappa shape index (κ3) is 6.70. The first-order chi connectivity index (χ1) is 22.4. The van der Waals surface area contributed by atoms with Crippen LogP contribution in [0.3, 0.4) is 0 Å². The second-order valence-electron chi connectivity index (χ2n) is 11.2. The fourth-order valence-corrected chi connectivity index (χ4v) is 5.44. The summed E-state index contributed by atoms with van der Waals surface area (Å²) in [5.41, 5.74) is 6.17. The molecule has 7 rings (SSSR count). The number of pyridine rings is 1. The Morgan fingerprint density at radius 3 is 2.63 bits per heavy atom. The average molecular weight is 620 g/mol. The first-order valence-electron chi connectivity index (χ1n) is 15.2. The van der Waals surface area contributed by atoms with Crippen LogP contribution in [-0.4, -0.2) is 47.4 Å². The standard InChI is InChI=1S/C33H28FN5O3.C3H6O/c1-39-29-15-22(33(40)41-2)10-11-28(29)38-32(39)16-24-14-26(34)25-17-30(24)42-12-4-5-21-13-20(18-35)8-9-23(21)19-36-31-7-3-6-27(25)37-31;1-2-4-3-1/h3,6-11,13-15,17H,4-5,12,16,19H2,1-2H3,(H,36,37);1-3H2. The van der Waals surface area contributed by atoms with Crippen LogP contribution in [0.1, 0.15) is 51.3 Å². The number of anilines is 1. The van der Waals surface area contributed by atoms with Crippen molar-refractivity contribution in [2.75, 3.05) is 32.2 Å². The number of fused-ring (bicyclic) bond motifs is 7. The third-order valence-corrected chi connectivity index (χ3v) is 8.14. The van der Waals surface area contributed by atoms with Gasteiger partial charge in [0.25, 0.3) is 0 Å². The predicted molar refractivity (Wildman–Crippen MR) is 172 cm³/mol. The van der Waals surface area contributed by atoms with Crippen LogP contribution in [0.25, 0.3) is 22.3 Å². The largest absolute Gasteiger partial charge is 0.493 e. The van der Waals surface area contributed by atoms with Crippen molar-refractivity contribution in [2.45, 2.75) is 32.2 Å². The maximum atomic E-state index is 15.7. The van der Waals surface area contributed by atoms with Crippen molar-refractivity contribution in [3.8, 4) is 23.1 Å². The van der Waals surface area contributed by atoms with Crippen molar-refractivity contribution in [1.29, 1.82) is 5.26 Å². The molecule has 4 heterocycles. The Kier molecular flexibility index (Phi) is 9.22. The number of benzene rings is 3. The molecule has 9 nitrogen and oxygen atoms in total. The van der Waals surface area contributed by atoms with Crippen LogP contribution in [0.15, 0.2) is 66.7 Å². The van der Waals surface area contributed by atoms with Crippen molar-refractivity contribution in [1.82, 2.24) is 14.5 Å². The second kappa shape index (κ2) is 13.8. The van der Waals surface area contributed by atoms with Gasteiger partial charge in [0, 0.05) is 44.4 Å². The van der Waals surface area contributed by atoms with Crippen LogP contribution in [-0.2, 0) is 35.9 Å². The van der Waals surface area contributed by atoms with E-state index < -0.39 is 11.8 Å². The first-order valence-corrected chi connectivity index (χ1v) is 15.2. The highest BCUT2D eigenvalue weighted by molar-refractivity contribution is 5.93. The fourth-order valence-electron chi connectivity index (χ4n) is 5.44. The van der Waals surface area contributed by atoms with Gasteiger partial charge < -0.3 is 24.1 Å². The Morgan fingerprint density at radius 1 is 1.04 bits per heavy atom. The van der Waals surface area contributed by atoms with Crippen LogP contribution >= 0.6 is 0 Å². The third-order valence-electron chi connectivity index (χ3n) is 8.14. The molecule has 0 aliphatic carbocycles. The van der Waals surface area contributed by atoms with Crippen LogP contribution in [0.2, 0.25) is 0 Å². The summed E-state index contributed by atoms with van der Waals surface area (Å²) in [5, 5.41) is 12.8. The van der Waals surface area contributed by atoms with Gasteiger partial charge in [-0.2, -0.15) is 5.26 Å². The lowest BCUT2D eigenvalue weighted by Gasteiger charge is -2.17. The van der Waals surface area contributed by atoms with E-state index in [0.717, 1.165) is 41.8 Å². The summed E-state index contributed by atoms with van der Waals surface area (Å²) in [6, 6.07) is 21.8. The highest BCUT2D eigenvalue weighted by atomic mass is 19.1. The van der Waals surface area contributed by atoms with Gasteiger partial charge in [0.1, 0.15) is 23.2 Å². The lowest BCUT2D eigenvalue weighted by atomic mass is 10.00. The Morgan fingerprint density at radius 2 is 1.87 bits per heavy atom. The highest BCUT2D eigenvalue weighted by Gasteiger charge is 2.19. The molecule has 10 heteroatoms. The summed E-state index contributed by atoms with van der Waals surface area (Å²) in [7, 11) is 3.21. The molecule has 1 saturated heterocycles. The number of rotatable bonds is 3. The minimum absolute atomic E-state index is 0.314. The van der Waals surface area contributed by atoms with Crippen molar-refractivity contribution >= 4 is 22.8 Å². The molecule has 234 valence electrons. The summed E-state index contributed by atoms with van der Waals surface area (Å²) in [6.45, 7) is 2.93. The van der Waals surface area contributed by atoms with Crippen molar-refractivity contribution < 1.29 is 23.4 Å². The maximum absolute atomic E-state index is 15.7. The predicted octanol–water partition coefficient (Wildman–Crippen LogP) is 6.37. The molecule has 1 fully saturated rings. The number of aryl methyl sites for hydroxylation is 2. The van der Waals surface area contributed by atoms with Gasteiger partial charge in [-0.3, -0.25) is 0 Å². The van der Waals surface area contributed by atoms with Crippen LogP contribution in [0.4, 0.5) is 10.2 Å².